The molecule has 0 saturated heterocycles. The summed E-state index contributed by atoms with van der Waals surface area (Å²) in [5.74, 6) is -0.572. The van der Waals surface area contributed by atoms with Gasteiger partial charge in [-0.1, -0.05) is 12.1 Å². The first-order chi connectivity index (χ1) is 12.7. The lowest BCUT2D eigenvalue weighted by molar-refractivity contribution is -0.116. The third kappa shape index (κ3) is 6.85. The normalized spacial score (nSPS) is 10.8. The summed E-state index contributed by atoms with van der Waals surface area (Å²) in [6, 6.07) is 9.94. The maximum atomic E-state index is 12.1. The van der Waals surface area contributed by atoms with E-state index >= 15 is 0 Å². The fourth-order valence-corrected chi connectivity index (χ4v) is 2.10. The van der Waals surface area contributed by atoms with Crippen molar-refractivity contribution < 1.29 is 23.5 Å². The molecule has 27 heavy (non-hydrogen) atoms. The molecular formula is C19H23N3O5. The van der Waals surface area contributed by atoms with Gasteiger partial charge in [0.15, 0.2) is 5.76 Å². The maximum Gasteiger partial charge on any atom is 0.407 e. The van der Waals surface area contributed by atoms with Crippen molar-refractivity contribution in [3.05, 3.63) is 48.4 Å². The van der Waals surface area contributed by atoms with Crippen molar-refractivity contribution in [3.8, 4) is 0 Å². The minimum absolute atomic E-state index is 0.0553. The predicted octanol–water partition coefficient (Wildman–Crippen LogP) is 3.39. The van der Waals surface area contributed by atoms with Gasteiger partial charge in [0.05, 0.1) is 17.6 Å². The van der Waals surface area contributed by atoms with Crippen LogP contribution in [0.5, 0.6) is 0 Å². The van der Waals surface area contributed by atoms with Gasteiger partial charge in [-0.05, 0) is 45.0 Å². The topological polar surface area (TPSA) is 110 Å². The first-order valence-electron chi connectivity index (χ1n) is 8.45. The number of alkyl carbamates (subject to hydrolysis) is 1. The van der Waals surface area contributed by atoms with Gasteiger partial charge >= 0.3 is 6.09 Å². The van der Waals surface area contributed by atoms with Crippen molar-refractivity contribution in [2.24, 2.45) is 0 Å². The number of furan rings is 1. The lowest BCUT2D eigenvalue weighted by atomic mass is 10.2. The molecule has 0 fully saturated rings. The van der Waals surface area contributed by atoms with Gasteiger partial charge in [-0.15, -0.1) is 0 Å². The van der Waals surface area contributed by atoms with Crippen LogP contribution in [0, 0.1) is 0 Å². The van der Waals surface area contributed by atoms with Crippen molar-refractivity contribution in [1.82, 2.24) is 5.32 Å². The Labute approximate surface area is 157 Å². The predicted molar refractivity (Wildman–Crippen MR) is 101 cm³/mol. The lowest BCUT2D eigenvalue weighted by Gasteiger charge is -2.19. The summed E-state index contributed by atoms with van der Waals surface area (Å²) in [6.45, 7) is 5.40. The molecule has 144 valence electrons. The van der Waals surface area contributed by atoms with E-state index in [1.54, 1.807) is 57.2 Å². The van der Waals surface area contributed by atoms with Crippen molar-refractivity contribution in [2.45, 2.75) is 32.8 Å². The summed E-state index contributed by atoms with van der Waals surface area (Å²) < 4.78 is 10.1. The Morgan fingerprint density at radius 3 is 2.26 bits per heavy atom. The Bertz CT molecular complexity index is 794. The van der Waals surface area contributed by atoms with Crippen LogP contribution in [0.1, 0.15) is 37.7 Å². The van der Waals surface area contributed by atoms with E-state index in [-0.39, 0.29) is 24.6 Å². The van der Waals surface area contributed by atoms with E-state index in [2.05, 4.69) is 16.0 Å². The van der Waals surface area contributed by atoms with Crippen LogP contribution < -0.4 is 16.0 Å². The van der Waals surface area contributed by atoms with Gasteiger partial charge in [-0.25, -0.2) is 4.79 Å². The Hall–Kier alpha value is -3.29. The van der Waals surface area contributed by atoms with E-state index in [4.69, 9.17) is 9.15 Å². The van der Waals surface area contributed by atoms with Crippen LogP contribution in [0.25, 0.3) is 0 Å². The van der Waals surface area contributed by atoms with Crippen LogP contribution in [0.3, 0.4) is 0 Å². The number of carbonyl (C=O) groups excluding carboxylic acids is 3. The molecule has 0 aliphatic heterocycles. The molecule has 0 radical (unpaired) electrons. The fraction of sp³-hybridized carbons (Fsp3) is 0.316. The fourth-order valence-electron chi connectivity index (χ4n) is 2.10. The monoisotopic (exact) mass is 373 g/mol. The quantitative estimate of drug-likeness (QED) is 0.719. The van der Waals surface area contributed by atoms with Gasteiger partial charge < -0.3 is 25.1 Å². The molecule has 1 aromatic heterocycles. The summed E-state index contributed by atoms with van der Waals surface area (Å²) in [7, 11) is 0. The Kier molecular flexibility index (Phi) is 6.59. The second-order valence-corrected chi connectivity index (χ2v) is 6.70. The van der Waals surface area contributed by atoms with E-state index in [1.807, 2.05) is 0 Å². The number of carbonyl (C=O) groups is 3. The van der Waals surface area contributed by atoms with Gasteiger partial charge in [-0.2, -0.15) is 0 Å². The largest absolute Gasteiger partial charge is 0.459 e. The van der Waals surface area contributed by atoms with Crippen LogP contribution >= 0.6 is 0 Å². The lowest BCUT2D eigenvalue weighted by Crippen LogP contribution is -2.34. The number of nitrogens with one attached hydrogen (secondary N) is 3. The molecule has 0 aliphatic carbocycles. The zero-order chi connectivity index (χ0) is 19.9. The molecule has 0 saturated carbocycles. The van der Waals surface area contributed by atoms with Crippen LogP contribution in [-0.2, 0) is 9.53 Å². The summed E-state index contributed by atoms with van der Waals surface area (Å²) >= 11 is 0. The molecule has 1 heterocycles. The molecule has 0 atom stereocenters. The second kappa shape index (κ2) is 8.88. The van der Waals surface area contributed by atoms with E-state index in [1.165, 1.54) is 6.26 Å². The Balaban J connectivity index is 1.87. The van der Waals surface area contributed by atoms with Gasteiger partial charge in [-0.3, -0.25) is 9.59 Å². The number of para-hydroxylation sites is 2. The Morgan fingerprint density at radius 1 is 1.00 bits per heavy atom. The number of amides is 3. The molecule has 2 aromatic rings. The average molecular weight is 373 g/mol. The molecule has 0 bridgehead atoms. The number of ether oxygens (including phenoxy) is 1. The summed E-state index contributed by atoms with van der Waals surface area (Å²) in [5, 5.41) is 7.91. The average Bonchev–Trinajstić information content (AvgIpc) is 3.09. The third-order valence-electron chi connectivity index (χ3n) is 3.21. The van der Waals surface area contributed by atoms with Crippen LogP contribution in [-0.4, -0.2) is 30.1 Å². The number of hydrogen-bond acceptors (Lipinski definition) is 5. The SMILES string of the molecule is CC(C)(C)OC(=O)NCCC(=O)Nc1ccccc1NC(=O)c1ccco1. The van der Waals surface area contributed by atoms with Gasteiger partial charge in [0.25, 0.3) is 5.91 Å². The van der Waals surface area contributed by atoms with Gasteiger partial charge in [0.2, 0.25) is 5.91 Å². The van der Waals surface area contributed by atoms with Crippen molar-refractivity contribution in [3.63, 3.8) is 0 Å². The minimum atomic E-state index is -0.600. The first kappa shape index (κ1) is 20.0. The van der Waals surface area contributed by atoms with E-state index in [9.17, 15) is 14.4 Å². The summed E-state index contributed by atoms with van der Waals surface area (Å²) in [4.78, 5) is 35.8. The number of benzene rings is 1. The van der Waals surface area contributed by atoms with Crippen molar-refractivity contribution in [2.75, 3.05) is 17.2 Å². The zero-order valence-electron chi connectivity index (χ0n) is 15.5. The third-order valence-corrected chi connectivity index (χ3v) is 3.21. The van der Waals surface area contributed by atoms with Gasteiger partial charge in [0.1, 0.15) is 5.60 Å². The van der Waals surface area contributed by atoms with E-state index in [0.29, 0.717) is 11.4 Å². The van der Waals surface area contributed by atoms with Crippen LogP contribution in [0.4, 0.5) is 16.2 Å². The molecule has 0 unspecified atom stereocenters. The van der Waals surface area contributed by atoms with E-state index in [0.717, 1.165) is 0 Å². The molecule has 8 nitrogen and oxygen atoms in total. The molecule has 1 aromatic carbocycles. The van der Waals surface area contributed by atoms with Crippen LogP contribution in [0.2, 0.25) is 0 Å². The molecular weight excluding hydrogens is 350 g/mol. The first-order valence-corrected chi connectivity index (χ1v) is 8.45. The number of anilines is 2. The van der Waals surface area contributed by atoms with Crippen molar-refractivity contribution in [1.29, 1.82) is 0 Å². The second-order valence-electron chi connectivity index (χ2n) is 6.70. The highest BCUT2D eigenvalue weighted by molar-refractivity contribution is 6.05. The summed E-state index contributed by atoms with van der Waals surface area (Å²) in [6.07, 6.45) is 0.876. The molecule has 3 amide bonds. The number of rotatable bonds is 6. The molecule has 8 heteroatoms. The smallest absolute Gasteiger partial charge is 0.407 e. The highest BCUT2D eigenvalue weighted by Crippen LogP contribution is 2.22. The maximum absolute atomic E-state index is 12.1. The molecule has 0 spiro atoms. The molecule has 3 N–H and O–H groups in total. The molecule has 0 aliphatic rings. The molecule has 2 rings (SSSR count). The highest BCUT2D eigenvalue weighted by atomic mass is 16.6. The van der Waals surface area contributed by atoms with Crippen molar-refractivity contribution >= 4 is 29.3 Å². The minimum Gasteiger partial charge on any atom is -0.459 e. The summed E-state index contributed by atoms with van der Waals surface area (Å²) in [5.41, 5.74) is 0.282. The van der Waals surface area contributed by atoms with E-state index < -0.39 is 17.6 Å². The van der Waals surface area contributed by atoms with Crippen LogP contribution in [0.15, 0.2) is 47.1 Å². The number of hydrogen-bond donors (Lipinski definition) is 3. The van der Waals surface area contributed by atoms with Gasteiger partial charge in [0, 0.05) is 13.0 Å². The highest BCUT2D eigenvalue weighted by Gasteiger charge is 2.16. The Morgan fingerprint density at radius 2 is 1.67 bits per heavy atom. The standard InChI is InChI=1S/C19H23N3O5/c1-19(2,3)27-18(25)20-11-10-16(23)21-13-7-4-5-8-14(13)22-17(24)15-9-6-12-26-15/h4-9,12H,10-11H2,1-3H3,(H,20,25)(H,21,23)(H,22,24). The zero-order valence-corrected chi connectivity index (χ0v) is 15.5.